The van der Waals surface area contributed by atoms with Gasteiger partial charge in [0.15, 0.2) is 0 Å². The predicted molar refractivity (Wildman–Crippen MR) is 176 cm³/mol. The predicted octanol–water partition coefficient (Wildman–Crippen LogP) is 5.82. The Bertz CT molecular complexity index is 1500. The summed E-state index contributed by atoms with van der Waals surface area (Å²) in [6.07, 6.45) is 6.07. The van der Waals surface area contributed by atoms with Crippen molar-refractivity contribution in [3.63, 3.8) is 0 Å². The molecule has 1 aliphatic rings. The highest BCUT2D eigenvalue weighted by Crippen LogP contribution is 2.25. The van der Waals surface area contributed by atoms with Gasteiger partial charge in [0.1, 0.15) is 0 Å². The summed E-state index contributed by atoms with van der Waals surface area (Å²) >= 11 is 0. The largest absolute Gasteiger partial charge is 0.338 e. The molecule has 1 heterocycles. The van der Waals surface area contributed by atoms with Crippen molar-refractivity contribution in [2.24, 2.45) is 11.1 Å². The van der Waals surface area contributed by atoms with E-state index in [1.807, 2.05) is 47.4 Å². The zero-order valence-electron chi connectivity index (χ0n) is 26.0. The molecule has 236 valence electrons. The Labute approximate surface area is 262 Å². The van der Waals surface area contributed by atoms with Gasteiger partial charge in [0.05, 0.1) is 4.90 Å². The first-order valence-corrected chi connectivity index (χ1v) is 17.2. The van der Waals surface area contributed by atoms with E-state index >= 15 is 0 Å². The second kappa shape index (κ2) is 16.0. The van der Waals surface area contributed by atoms with Crippen molar-refractivity contribution in [3.05, 3.63) is 83.9 Å². The number of rotatable bonds is 14. The molecular formula is C35H46N4O4S. The molecule has 4 rings (SSSR count). The van der Waals surface area contributed by atoms with Crippen LogP contribution in [0.25, 0.3) is 11.1 Å². The number of sulfonamides is 1. The molecule has 0 unspecified atom stereocenters. The summed E-state index contributed by atoms with van der Waals surface area (Å²) in [7, 11) is -3.75. The van der Waals surface area contributed by atoms with Crippen LogP contribution in [-0.2, 0) is 32.6 Å². The van der Waals surface area contributed by atoms with Crippen molar-refractivity contribution in [2.45, 2.75) is 70.2 Å². The molecule has 3 aromatic carbocycles. The smallest absolute Gasteiger partial charge is 0.238 e. The third-order valence-corrected chi connectivity index (χ3v) is 9.02. The summed E-state index contributed by atoms with van der Waals surface area (Å²) < 4.78 is 23.2. The minimum absolute atomic E-state index is 0.0244. The SMILES string of the molecule is CC(C)CCC(=O)N(CCc1ccc(S(N)(=O)=O)cc1)Cc1cccc(-c2cccc(NC(=O)CCN3CCCCC3)c2)c1. The number of likely N-dealkylation sites (tertiary alicyclic amines) is 1. The minimum Gasteiger partial charge on any atom is -0.338 e. The van der Waals surface area contributed by atoms with Crippen molar-refractivity contribution in [1.29, 1.82) is 0 Å². The van der Waals surface area contributed by atoms with Crippen LogP contribution < -0.4 is 10.5 Å². The molecule has 0 saturated carbocycles. The fourth-order valence-electron chi connectivity index (χ4n) is 5.48. The van der Waals surface area contributed by atoms with Crippen LogP contribution in [0.15, 0.2) is 77.7 Å². The normalized spacial score (nSPS) is 14.0. The Hall–Kier alpha value is -3.53. The van der Waals surface area contributed by atoms with E-state index in [0.717, 1.165) is 54.0 Å². The number of anilines is 1. The van der Waals surface area contributed by atoms with Gasteiger partial charge in [-0.2, -0.15) is 0 Å². The number of amides is 2. The third-order valence-electron chi connectivity index (χ3n) is 8.09. The van der Waals surface area contributed by atoms with Gasteiger partial charge in [0.25, 0.3) is 0 Å². The Kier molecular flexibility index (Phi) is 12.1. The topological polar surface area (TPSA) is 113 Å². The first-order chi connectivity index (χ1) is 21.1. The lowest BCUT2D eigenvalue weighted by atomic mass is 10.0. The molecule has 1 aliphatic heterocycles. The van der Waals surface area contributed by atoms with Gasteiger partial charge in [-0.15, -0.1) is 0 Å². The average molecular weight is 619 g/mol. The summed E-state index contributed by atoms with van der Waals surface area (Å²) in [5, 5.41) is 8.29. The van der Waals surface area contributed by atoms with E-state index in [1.54, 1.807) is 12.1 Å². The first kappa shape index (κ1) is 33.4. The fraction of sp³-hybridized carbons (Fsp3) is 0.429. The molecule has 3 N–H and O–H groups in total. The molecule has 1 fully saturated rings. The van der Waals surface area contributed by atoms with Crippen molar-refractivity contribution in [1.82, 2.24) is 9.80 Å². The van der Waals surface area contributed by atoms with E-state index in [0.29, 0.717) is 38.3 Å². The van der Waals surface area contributed by atoms with Gasteiger partial charge < -0.3 is 15.1 Å². The lowest BCUT2D eigenvalue weighted by Gasteiger charge is -2.25. The summed E-state index contributed by atoms with van der Waals surface area (Å²) in [6.45, 7) is 8.14. The maximum Gasteiger partial charge on any atom is 0.238 e. The number of carbonyl (C=O) groups excluding carboxylic acids is 2. The third kappa shape index (κ3) is 10.6. The van der Waals surface area contributed by atoms with Crippen LogP contribution in [0, 0.1) is 5.92 Å². The number of benzene rings is 3. The number of carbonyl (C=O) groups is 2. The number of nitrogens with two attached hydrogens (primary N) is 1. The quantitative estimate of drug-likeness (QED) is 0.236. The first-order valence-electron chi connectivity index (χ1n) is 15.7. The monoisotopic (exact) mass is 618 g/mol. The van der Waals surface area contributed by atoms with Crippen molar-refractivity contribution < 1.29 is 18.0 Å². The number of piperidine rings is 1. The highest BCUT2D eigenvalue weighted by molar-refractivity contribution is 7.89. The second-order valence-corrected chi connectivity index (χ2v) is 13.7. The van der Waals surface area contributed by atoms with Gasteiger partial charge in [-0.05, 0) is 97.3 Å². The van der Waals surface area contributed by atoms with Gasteiger partial charge in [-0.3, -0.25) is 9.59 Å². The fourth-order valence-corrected chi connectivity index (χ4v) is 6.00. The molecule has 0 atom stereocenters. The maximum atomic E-state index is 13.3. The number of nitrogens with one attached hydrogen (secondary N) is 1. The Morgan fingerprint density at radius 3 is 2.25 bits per heavy atom. The van der Waals surface area contributed by atoms with Crippen LogP contribution in [0.5, 0.6) is 0 Å². The van der Waals surface area contributed by atoms with Gasteiger partial charge in [0.2, 0.25) is 21.8 Å². The summed E-state index contributed by atoms with van der Waals surface area (Å²) in [5.41, 5.74) is 4.73. The molecular weight excluding hydrogens is 572 g/mol. The second-order valence-electron chi connectivity index (χ2n) is 12.2. The lowest BCUT2D eigenvalue weighted by Crippen LogP contribution is -2.32. The van der Waals surface area contributed by atoms with E-state index in [2.05, 4.69) is 30.1 Å². The Morgan fingerprint density at radius 1 is 0.886 bits per heavy atom. The van der Waals surface area contributed by atoms with Gasteiger partial charge in [0, 0.05) is 38.2 Å². The highest BCUT2D eigenvalue weighted by Gasteiger charge is 2.16. The van der Waals surface area contributed by atoms with E-state index in [-0.39, 0.29) is 16.7 Å². The molecule has 0 bridgehead atoms. The maximum absolute atomic E-state index is 13.3. The van der Waals surface area contributed by atoms with Crippen LogP contribution in [-0.4, -0.2) is 56.2 Å². The van der Waals surface area contributed by atoms with Crippen LogP contribution in [0.2, 0.25) is 0 Å². The molecule has 44 heavy (non-hydrogen) atoms. The molecule has 0 radical (unpaired) electrons. The lowest BCUT2D eigenvalue weighted by molar-refractivity contribution is -0.132. The molecule has 3 aromatic rings. The van der Waals surface area contributed by atoms with Gasteiger partial charge >= 0.3 is 0 Å². The standard InChI is InChI=1S/C35H46N4O4S/c1-27(2)12-17-35(41)39(23-18-28-13-15-33(16-14-28)44(36,42)43)26-29-8-6-9-30(24-29)31-10-7-11-32(25-31)37-34(40)19-22-38-20-4-3-5-21-38/h6-11,13-16,24-25,27H,3-5,12,17-23,26H2,1-2H3,(H,37,40)(H2,36,42,43). The zero-order chi connectivity index (χ0) is 31.5. The zero-order valence-corrected chi connectivity index (χ0v) is 26.8. The van der Waals surface area contributed by atoms with Crippen LogP contribution in [0.3, 0.4) is 0 Å². The highest BCUT2D eigenvalue weighted by atomic mass is 32.2. The van der Waals surface area contributed by atoms with Crippen LogP contribution >= 0.6 is 0 Å². The molecule has 9 heteroatoms. The van der Waals surface area contributed by atoms with Crippen molar-refractivity contribution in [2.75, 3.05) is 31.5 Å². The Morgan fingerprint density at radius 2 is 1.57 bits per heavy atom. The average Bonchev–Trinajstić information content (AvgIpc) is 3.01. The molecule has 0 aromatic heterocycles. The number of hydrogen-bond donors (Lipinski definition) is 2. The summed E-state index contributed by atoms with van der Waals surface area (Å²) in [5.74, 6) is 0.545. The summed E-state index contributed by atoms with van der Waals surface area (Å²) in [4.78, 5) is 30.3. The molecule has 2 amide bonds. The van der Waals surface area contributed by atoms with Crippen molar-refractivity contribution >= 4 is 27.5 Å². The van der Waals surface area contributed by atoms with Gasteiger partial charge in [-0.1, -0.05) is 62.7 Å². The van der Waals surface area contributed by atoms with E-state index < -0.39 is 10.0 Å². The van der Waals surface area contributed by atoms with Crippen LogP contribution in [0.4, 0.5) is 5.69 Å². The minimum atomic E-state index is -3.75. The molecule has 0 aliphatic carbocycles. The Balaban J connectivity index is 1.42. The molecule has 0 spiro atoms. The number of primary sulfonamides is 1. The van der Waals surface area contributed by atoms with Crippen molar-refractivity contribution in [3.8, 4) is 11.1 Å². The number of nitrogens with zero attached hydrogens (tertiary/aromatic N) is 2. The molecule has 1 saturated heterocycles. The van der Waals surface area contributed by atoms with E-state index in [4.69, 9.17) is 5.14 Å². The van der Waals surface area contributed by atoms with Gasteiger partial charge in [-0.25, -0.2) is 13.6 Å². The molecule has 8 nitrogen and oxygen atoms in total. The number of hydrogen-bond acceptors (Lipinski definition) is 5. The van der Waals surface area contributed by atoms with E-state index in [1.165, 1.54) is 31.4 Å². The summed E-state index contributed by atoms with van der Waals surface area (Å²) in [6, 6.07) is 22.5. The van der Waals surface area contributed by atoms with E-state index in [9.17, 15) is 18.0 Å². The van der Waals surface area contributed by atoms with Crippen LogP contribution in [0.1, 0.15) is 63.5 Å².